The maximum atomic E-state index is 13.0. The maximum Gasteiger partial charge on any atom is 0.254 e. The Morgan fingerprint density at radius 3 is 2.55 bits per heavy atom. The van der Waals surface area contributed by atoms with Gasteiger partial charge in [0.1, 0.15) is 12.4 Å². The number of aryl methyl sites for hydroxylation is 1. The fourth-order valence-corrected chi connectivity index (χ4v) is 4.34. The van der Waals surface area contributed by atoms with E-state index in [2.05, 4.69) is 9.88 Å². The van der Waals surface area contributed by atoms with E-state index >= 15 is 0 Å². The van der Waals surface area contributed by atoms with Gasteiger partial charge in [0.25, 0.3) is 5.91 Å². The minimum atomic E-state index is -0.0322. The zero-order chi connectivity index (χ0) is 21.6. The molecule has 2 aliphatic rings. The molecule has 2 fully saturated rings. The van der Waals surface area contributed by atoms with Gasteiger partial charge in [-0.2, -0.15) is 0 Å². The van der Waals surface area contributed by atoms with Gasteiger partial charge in [0, 0.05) is 50.2 Å². The molecule has 0 spiro atoms. The molecule has 0 N–H and O–H groups in total. The molecule has 31 heavy (non-hydrogen) atoms. The lowest BCUT2D eigenvalue weighted by Crippen LogP contribution is -2.53. The standard InChI is InChI=1S/C22H28N4O4S/c1-17-23-19(16-31-17)15-30-20-4-2-3-18(13-20)22(28)26-7-5-25(6-8-26)21(27)14-24-9-11-29-12-10-24/h2-4,13,16H,5-12,14-15H2,1H3. The Labute approximate surface area is 186 Å². The van der Waals surface area contributed by atoms with Gasteiger partial charge in [0.15, 0.2) is 0 Å². The topological polar surface area (TPSA) is 75.2 Å². The largest absolute Gasteiger partial charge is 0.487 e. The summed E-state index contributed by atoms with van der Waals surface area (Å²) < 4.78 is 11.1. The number of ether oxygens (including phenoxy) is 2. The highest BCUT2D eigenvalue weighted by Gasteiger charge is 2.26. The zero-order valence-electron chi connectivity index (χ0n) is 17.8. The number of nitrogens with zero attached hydrogens (tertiary/aromatic N) is 4. The van der Waals surface area contributed by atoms with Crippen molar-refractivity contribution in [2.75, 3.05) is 59.0 Å². The first kappa shape index (κ1) is 21.7. The number of rotatable bonds is 6. The molecular formula is C22H28N4O4S. The monoisotopic (exact) mass is 444 g/mol. The number of morpholine rings is 1. The van der Waals surface area contributed by atoms with Gasteiger partial charge in [-0.25, -0.2) is 4.98 Å². The van der Waals surface area contributed by atoms with Crippen LogP contribution in [-0.2, 0) is 16.1 Å². The number of carbonyl (C=O) groups is 2. The second-order valence-corrected chi connectivity index (χ2v) is 8.80. The van der Waals surface area contributed by atoms with Gasteiger partial charge in [-0.15, -0.1) is 11.3 Å². The number of hydrogen-bond acceptors (Lipinski definition) is 7. The third kappa shape index (κ3) is 5.81. The molecule has 8 nitrogen and oxygen atoms in total. The molecule has 1 aromatic heterocycles. The highest BCUT2D eigenvalue weighted by atomic mass is 32.1. The van der Waals surface area contributed by atoms with Crippen molar-refractivity contribution < 1.29 is 19.1 Å². The van der Waals surface area contributed by atoms with Crippen LogP contribution in [0.5, 0.6) is 5.75 Å². The summed E-state index contributed by atoms with van der Waals surface area (Å²) in [6, 6.07) is 7.25. The summed E-state index contributed by atoms with van der Waals surface area (Å²) in [6.07, 6.45) is 0. The number of aromatic nitrogens is 1. The van der Waals surface area contributed by atoms with E-state index in [0.717, 1.165) is 23.8 Å². The Morgan fingerprint density at radius 2 is 1.84 bits per heavy atom. The van der Waals surface area contributed by atoms with E-state index in [1.807, 2.05) is 29.3 Å². The third-order valence-electron chi connectivity index (χ3n) is 5.52. The lowest BCUT2D eigenvalue weighted by Gasteiger charge is -2.36. The summed E-state index contributed by atoms with van der Waals surface area (Å²) in [5.74, 6) is 0.743. The predicted molar refractivity (Wildman–Crippen MR) is 117 cm³/mol. The van der Waals surface area contributed by atoms with Gasteiger partial charge >= 0.3 is 0 Å². The Balaban J connectivity index is 1.27. The predicted octanol–water partition coefficient (Wildman–Crippen LogP) is 1.65. The van der Waals surface area contributed by atoms with E-state index in [9.17, 15) is 9.59 Å². The van der Waals surface area contributed by atoms with E-state index in [1.54, 1.807) is 28.4 Å². The van der Waals surface area contributed by atoms with Crippen molar-refractivity contribution in [3.63, 3.8) is 0 Å². The summed E-state index contributed by atoms with van der Waals surface area (Å²) in [5, 5.41) is 2.98. The molecule has 166 valence electrons. The van der Waals surface area contributed by atoms with Gasteiger partial charge in [0.05, 0.1) is 30.5 Å². The van der Waals surface area contributed by atoms with Crippen molar-refractivity contribution in [3.05, 3.63) is 45.9 Å². The first-order valence-electron chi connectivity index (χ1n) is 10.6. The molecule has 2 aromatic rings. The van der Waals surface area contributed by atoms with Gasteiger partial charge in [-0.3, -0.25) is 14.5 Å². The molecule has 9 heteroatoms. The van der Waals surface area contributed by atoms with Crippen LogP contribution < -0.4 is 4.74 Å². The fourth-order valence-electron chi connectivity index (χ4n) is 3.74. The van der Waals surface area contributed by atoms with E-state index in [4.69, 9.17) is 9.47 Å². The first-order chi connectivity index (χ1) is 15.1. The zero-order valence-corrected chi connectivity index (χ0v) is 18.6. The minimum absolute atomic E-state index is 0.0322. The normalized spacial score (nSPS) is 17.6. The highest BCUT2D eigenvalue weighted by molar-refractivity contribution is 7.09. The lowest BCUT2D eigenvalue weighted by molar-refractivity contribution is -0.134. The van der Waals surface area contributed by atoms with Crippen molar-refractivity contribution in [1.29, 1.82) is 0 Å². The van der Waals surface area contributed by atoms with E-state index < -0.39 is 0 Å². The molecular weight excluding hydrogens is 416 g/mol. The summed E-state index contributed by atoms with van der Waals surface area (Å²) in [6.45, 7) is 7.93. The fraction of sp³-hybridized carbons (Fsp3) is 0.500. The summed E-state index contributed by atoms with van der Waals surface area (Å²) in [7, 11) is 0. The van der Waals surface area contributed by atoms with Crippen molar-refractivity contribution in [1.82, 2.24) is 19.7 Å². The van der Waals surface area contributed by atoms with Gasteiger partial charge in [0.2, 0.25) is 5.91 Å². The molecule has 2 saturated heterocycles. The molecule has 2 aliphatic heterocycles. The molecule has 0 saturated carbocycles. The van der Waals surface area contributed by atoms with Crippen LogP contribution in [0, 0.1) is 6.92 Å². The van der Waals surface area contributed by atoms with E-state index in [-0.39, 0.29) is 11.8 Å². The van der Waals surface area contributed by atoms with Crippen molar-refractivity contribution in [2.24, 2.45) is 0 Å². The van der Waals surface area contributed by atoms with Crippen LogP contribution in [0.25, 0.3) is 0 Å². The number of thiazole rings is 1. The average molecular weight is 445 g/mol. The molecule has 3 heterocycles. The summed E-state index contributed by atoms with van der Waals surface area (Å²) in [4.78, 5) is 35.7. The van der Waals surface area contributed by atoms with Crippen LogP contribution in [-0.4, -0.2) is 90.5 Å². The smallest absolute Gasteiger partial charge is 0.254 e. The Morgan fingerprint density at radius 1 is 1.10 bits per heavy atom. The van der Waals surface area contributed by atoms with Crippen LogP contribution in [0.1, 0.15) is 21.1 Å². The molecule has 0 unspecified atom stereocenters. The molecule has 4 rings (SSSR count). The van der Waals surface area contributed by atoms with Crippen LogP contribution in [0.2, 0.25) is 0 Å². The lowest BCUT2D eigenvalue weighted by atomic mass is 10.1. The number of amides is 2. The van der Waals surface area contributed by atoms with Gasteiger partial charge in [-0.1, -0.05) is 6.07 Å². The second kappa shape index (κ2) is 10.2. The number of benzene rings is 1. The first-order valence-corrected chi connectivity index (χ1v) is 11.5. The quantitative estimate of drug-likeness (QED) is 0.675. The molecule has 0 atom stereocenters. The SMILES string of the molecule is Cc1nc(COc2cccc(C(=O)N3CCN(C(=O)CN4CCOCC4)CC3)c2)cs1. The van der Waals surface area contributed by atoms with Crippen molar-refractivity contribution in [3.8, 4) is 5.75 Å². The van der Waals surface area contributed by atoms with Crippen LogP contribution >= 0.6 is 11.3 Å². The summed E-state index contributed by atoms with van der Waals surface area (Å²) in [5.41, 5.74) is 1.48. The molecule has 0 aliphatic carbocycles. The van der Waals surface area contributed by atoms with Crippen molar-refractivity contribution >= 4 is 23.2 Å². The van der Waals surface area contributed by atoms with E-state index in [1.165, 1.54) is 0 Å². The second-order valence-electron chi connectivity index (χ2n) is 7.74. The Kier molecular flexibility index (Phi) is 7.16. The van der Waals surface area contributed by atoms with Gasteiger partial charge in [-0.05, 0) is 25.1 Å². The molecule has 0 radical (unpaired) electrons. The van der Waals surface area contributed by atoms with Crippen LogP contribution in [0.15, 0.2) is 29.6 Å². The number of carbonyl (C=O) groups excluding carboxylic acids is 2. The minimum Gasteiger partial charge on any atom is -0.487 e. The number of piperazine rings is 1. The van der Waals surface area contributed by atoms with Crippen molar-refractivity contribution in [2.45, 2.75) is 13.5 Å². The Hall–Kier alpha value is -2.49. The Bertz CT molecular complexity index is 904. The summed E-state index contributed by atoms with van der Waals surface area (Å²) >= 11 is 1.59. The van der Waals surface area contributed by atoms with Crippen LogP contribution in [0.4, 0.5) is 0 Å². The molecule has 0 bridgehead atoms. The van der Waals surface area contributed by atoms with Gasteiger partial charge < -0.3 is 19.3 Å². The number of hydrogen-bond donors (Lipinski definition) is 0. The third-order valence-corrected chi connectivity index (χ3v) is 6.34. The molecule has 1 aromatic carbocycles. The average Bonchev–Trinajstić information content (AvgIpc) is 3.23. The maximum absolute atomic E-state index is 13.0. The molecule has 2 amide bonds. The van der Waals surface area contributed by atoms with E-state index in [0.29, 0.717) is 63.9 Å². The highest BCUT2D eigenvalue weighted by Crippen LogP contribution is 2.18. The van der Waals surface area contributed by atoms with Crippen LogP contribution in [0.3, 0.4) is 0 Å².